The van der Waals surface area contributed by atoms with Crippen molar-refractivity contribution < 1.29 is 4.74 Å². The standard InChI is InChI=1S/C17H31N3O/c1-7-11-18-12-10-13-14(8-2)19-16(17(4,5)21-6)20-15(13)9-3/h18H,7-12H2,1-6H3. The zero-order valence-corrected chi connectivity index (χ0v) is 14.5. The Labute approximate surface area is 129 Å². The third kappa shape index (κ3) is 4.75. The van der Waals surface area contributed by atoms with Crippen LogP contribution in [0.5, 0.6) is 0 Å². The minimum atomic E-state index is -0.438. The fourth-order valence-electron chi connectivity index (χ4n) is 2.33. The van der Waals surface area contributed by atoms with Gasteiger partial charge in [0.2, 0.25) is 0 Å². The monoisotopic (exact) mass is 293 g/mol. The average Bonchev–Trinajstić information content (AvgIpc) is 2.50. The first kappa shape index (κ1) is 18.1. The molecule has 0 unspecified atom stereocenters. The van der Waals surface area contributed by atoms with Crippen LogP contribution in [0.25, 0.3) is 0 Å². The van der Waals surface area contributed by atoms with Crippen molar-refractivity contribution in [1.29, 1.82) is 0 Å². The zero-order valence-electron chi connectivity index (χ0n) is 14.5. The van der Waals surface area contributed by atoms with Crippen LogP contribution in [0.1, 0.15) is 63.8 Å². The van der Waals surface area contributed by atoms with Crippen LogP contribution in [0.4, 0.5) is 0 Å². The quantitative estimate of drug-likeness (QED) is 0.711. The van der Waals surface area contributed by atoms with Crippen LogP contribution < -0.4 is 5.32 Å². The van der Waals surface area contributed by atoms with Gasteiger partial charge in [-0.25, -0.2) is 9.97 Å². The van der Waals surface area contributed by atoms with Gasteiger partial charge in [0, 0.05) is 18.5 Å². The lowest BCUT2D eigenvalue weighted by atomic mass is 10.0. The molecule has 21 heavy (non-hydrogen) atoms. The van der Waals surface area contributed by atoms with E-state index in [2.05, 4.69) is 26.1 Å². The first-order valence-corrected chi connectivity index (χ1v) is 8.15. The molecule has 120 valence electrons. The van der Waals surface area contributed by atoms with Crippen molar-refractivity contribution in [3.8, 4) is 0 Å². The topological polar surface area (TPSA) is 47.0 Å². The van der Waals surface area contributed by atoms with Crippen molar-refractivity contribution in [3.63, 3.8) is 0 Å². The van der Waals surface area contributed by atoms with Gasteiger partial charge in [0.1, 0.15) is 5.60 Å². The van der Waals surface area contributed by atoms with Crippen LogP contribution in [0.2, 0.25) is 0 Å². The van der Waals surface area contributed by atoms with Crippen LogP contribution >= 0.6 is 0 Å². The SMILES string of the molecule is CCCNCCc1c(CC)nc(C(C)(C)OC)nc1CC. The lowest BCUT2D eigenvalue weighted by Gasteiger charge is -2.24. The minimum Gasteiger partial charge on any atom is -0.371 e. The van der Waals surface area contributed by atoms with E-state index >= 15 is 0 Å². The maximum atomic E-state index is 5.54. The summed E-state index contributed by atoms with van der Waals surface area (Å²) in [5.74, 6) is 0.795. The summed E-state index contributed by atoms with van der Waals surface area (Å²) in [6.07, 6.45) is 4.04. The molecule has 1 heterocycles. The van der Waals surface area contributed by atoms with Crippen LogP contribution in [0.15, 0.2) is 0 Å². The van der Waals surface area contributed by atoms with Gasteiger partial charge >= 0.3 is 0 Å². The summed E-state index contributed by atoms with van der Waals surface area (Å²) in [7, 11) is 1.71. The number of aromatic nitrogens is 2. The molecular formula is C17H31N3O. The molecule has 4 heteroatoms. The van der Waals surface area contributed by atoms with Crippen molar-refractivity contribution in [2.75, 3.05) is 20.2 Å². The maximum Gasteiger partial charge on any atom is 0.160 e. The van der Waals surface area contributed by atoms with Gasteiger partial charge < -0.3 is 10.1 Å². The Morgan fingerprint density at radius 2 is 1.57 bits per heavy atom. The normalized spacial score (nSPS) is 11.9. The molecule has 0 aliphatic carbocycles. The molecule has 0 fully saturated rings. The van der Waals surface area contributed by atoms with Crippen LogP contribution in [-0.2, 0) is 29.6 Å². The van der Waals surface area contributed by atoms with Crippen LogP contribution in [0.3, 0.4) is 0 Å². The second-order valence-corrected chi connectivity index (χ2v) is 5.84. The second-order valence-electron chi connectivity index (χ2n) is 5.84. The van der Waals surface area contributed by atoms with Gasteiger partial charge in [-0.2, -0.15) is 0 Å². The van der Waals surface area contributed by atoms with Crippen molar-refractivity contribution in [2.45, 2.75) is 65.9 Å². The number of nitrogens with one attached hydrogen (secondary N) is 1. The van der Waals surface area contributed by atoms with Crippen molar-refractivity contribution in [1.82, 2.24) is 15.3 Å². The van der Waals surface area contributed by atoms with Gasteiger partial charge in [0.15, 0.2) is 5.82 Å². The first-order chi connectivity index (χ1) is 10.00. The molecule has 0 aromatic carbocycles. The summed E-state index contributed by atoms with van der Waals surface area (Å²) in [6.45, 7) is 12.6. The zero-order chi connectivity index (χ0) is 15.9. The number of hydrogen-bond acceptors (Lipinski definition) is 4. The predicted molar refractivity (Wildman–Crippen MR) is 87.7 cm³/mol. The molecular weight excluding hydrogens is 262 g/mol. The Balaban J connectivity index is 3.07. The lowest BCUT2D eigenvalue weighted by molar-refractivity contribution is 0.0110. The Bertz CT molecular complexity index is 419. The maximum absolute atomic E-state index is 5.54. The Morgan fingerprint density at radius 3 is 2.00 bits per heavy atom. The van der Waals surface area contributed by atoms with E-state index in [-0.39, 0.29) is 0 Å². The Kier molecular flexibility index (Phi) is 7.26. The highest BCUT2D eigenvalue weighted by molar-refractivity contribution is 5.28. The second kappa shape index (κ2) is 8.44. The summed E-state index contributed by atoms with van der Waals surface area (Å²) in [4.78, 5) is 9.55. The average molecular weight is 293 g/mol. The molecule has 1 N–H and O–H groups in total. The number of rotatable bonds is 9. The van der Waals surface area contributed by atoms with Gasteiger partial charge in [-0.1, -0.05) is 20.8 Å². The highest BCUT2D eigenvalue weighted by atomic mass is 16.5. The molecule has 0 amide bonds. The molecule has 4 nitrogen and oxygen atoms in total. The fourth-order valence-corrected chi connectivity index (χ4v) is 2.33. The van der Waals surface area contributed by atoms with Crippen molar-refractivity contribution >= 4 is 0 Å². The first-order valence-electron chi connectivity index (χ1n) is 8.15. The molecule has 1 aromatic heterocycles. The summed E-state index contributed by atoms with van der Waals surface area (Å²) in [5, 5.41) is 3.46. The number of ether oxygens (including phenoxy) is 1. The summed E-state index contributed by atoms with van der Waals surface area (Å²) in [5.41, 5.74) is 3.21. The summed E-state index contributed by atoms with van der Waals surface area (Å²) < 4.78 is 5.54. The molecule has 0 saturated carbocycles. The van der Waals surface area contributed by atoms with Crippen molar-refractivity contribution in [2.24, 2.45) is 0 Å². The van der Waals surface area contributed by atoms with E-state index in [9.17, 15) is 0 Å². The third-order valence-electron chi connectivity index (χ3n) is 3.88. The van der Waals surface area contributed by atoms with E-state index < -0.39 is 5.60 Å². The third-order valence-corrected chi connectivity index (χ3v) is 3.88. The van der Waals surface area contributed by atoms with E-state index in [0.29, 0.717) is 0 Å². The van der Waals surface area contributed by atoms with Gasteiger partial charge in [0.25, 0.3) is 0 Å². The van der Waals surface area contributed by atoms with Gasteiger partial charge in [-0.3, -0.25) is 0 Å². The predicted octanol–water partition coefficient (Wildman–Crippen LogP) is 3.03. The number of methoxy groups -OCH3 is 1. The van der Waals surface area contributed by atoms with Gasteiger partial charge in [-0.15, -0.1) is 0 Å². The van der Waals surface area contributed by atoms with Gasteiger partial charge in [0.05, 0.1) is 0 Å². The molecule has 0 spiro atoms. The minimum absolute atomic E-state index is 0.438. The van der Waals surface area contributed by atoms with E-state index in [1.165, 1.54) is 23.4 Å². The molecule has 0 radical (unpaired) electrons. The van der Waals surface area contributed by atoms with E-state index in [1.807, 2.05) is 13.8 Å². The molecule has 0 saturated heterocycles. The Hall–Kier alpha value is -1.00. The van der Waals surface area contributed by atoms with Crippen LogP contribution in [-0.4, -0.2) is 30.2 Å². The fraction of sp³-hybridized carbons (Fsp3) is 0.765. The molecule has 0 aliphatic heterocycles. The highest BCUT2D eigenvalue weighted by Gasteiger charge is 2.25. The number of aryl methyl sites for hydroxylation is 2. The van der Waals surface area contributed by atoms with E-state index in [4.69, 9.17) is 14.7 Å². The molecule has 0 atom stereocenters. The highest BCUT2D eigenvalue weighted by Crippen LogP contribution is 2.23. The van der Waals surface area contributed by atoms with E-state index in [0.717, 1.165) is 38.2 Å². The number of nitrogens with zero attached hydrogens (tertiary/aromatic N) is 2. The summed E-state index contributed by atoms with van der Waals surface area (Å²) in [6, 6.07) is 0. The molecule has 0 aliphatic rings. The molecule has 1 rings (SSSR count). The lowest BCUT2D eigenvalue weighted by Crippen LogP contribution is -2.26. The number of hydrogen-bond donors (Lipinski definition) is 1. The smallest absolute Gasteiger partial charge is 0.160 e. The van der Waals surface area contributed by atoms with Crippen molar-refractivity contribution in [3.05, 3.63) is 22.8 Å². The summed E-state index contributed by atoms with van der Waals surface area (Å²) >= 11 is 0. The van der Waals surface area contributed by atoms with E-state index in [1.54, 1.807) is 7.11 Å². The van der Waals surface area contributed by atoms with Crippen LogP contribution in [0, 0.1) is 0 Å². The molecule has 0 bridgehead atoms. The van der Waals surface area contributed by atoms with Gasteiger partial charge in [-0.05, 0) is 58.2 Å². The largest absolute Gasteiger partial charge is 0.371 e. The Morgan fingerprint density at radius 1 is 1.00 bits per heavy atom. The molecule has 1 aromatic rings.